The largest absolute Gasteiger partial charge is 0.390 e. The van der Waals surface area contributed by atoms with Gasteiger partial charge in [-0.3, -0.25) is 0 Å². The molecule has 1 aliphatic heterocycles. The second-order valence-electron chi connectivity index (χ2n) is 5.58. The van der Waals surface area contributed by atoms with E-state index >= 15 is 0 Å². The van der Waals surface area contributed by atoms with Gasteiger partial charge in [-0.1, -0.05) is 12.2 Å². The van der Waals surface area contributed by atoms with Crippen molar-refractivity contribution >= 4 is 23.5 Å². The Morgan fingerprint density at radius 1 is 1.29 bits per heavy atom. The molecule has 0 spiro atoms. The van der Waals surface area contributed by atoms with Crippen LogP contribution in [-0.2, 0) is 0 Å². The van der Waals surface area contributed by atoms with Gasteiger partial charge < -0.3 is 10.2 Å². The molecule has 1 fully saturated rings. The summed E-state index contributed by atoms with van der Waals surface area (Å²) in [5, 5.41) is 20.6. The Balaban J connectivity index is 2.04. The summed E-state index contributed by atoms with van der Waals surface area (Å²) in [6.07, 6.45) is 6.84. The molecule has 0 aromatic heterocycles. The van der Waals surface area contributed by atoms with Crippen molar-refractivity contribution in [2.24, 2.45) is 5.92 Å². The standard InChI is InChI=1S/C13H22O2S2/c1-12(2,14)10-4-6-13(15,7-5-10)11-16-8-3-9-17-11/h4,6,10-11,14-15H,3,5,7-9H2,1-2H3/t10-,13+/m1/s1. The van der Waals surface area contributed by atoms with E-state index in [0.717, 1.165) is 24.3 Å². The summed E-state index contributed by atoms with van der Waals surface area (Å²) in [7, 11) is 0. The first-order chi connectivity index (χ1) is 7.92. The quantitative estimate of drug-likeness (QED) is 0.760. The summed E-state index contributed by atoms with van der Waals surface area (Å²) in [5.41, 5.74) is -1.35. The van der Waals surface area contributed by atoms with Crippen LogP contribution in [0.15, 0.2) is 12.2 Å². The van der Waals surface area contributed by atoms with E-state index in [-0.39, 0.29) is 10.5 Å². The summed E-state index contributed by atoms with van der Waals surface area (Å²) in [6.45, 7) is 3.69. The lowest BCUT2D eigenvalue weighted by atomic mass is 9.78. The van der Waals surface area contributed by atoms with Gasteiger partial charge in [-0.2, -0.15) is 0 Å². The maximum Gasteiger partial charge on any atom is 0.104 e. The van der Waals surface area contributed by atoms with E-state index in [0.29, 0.717) is 0 Å². The molecule has 0 aromatic carbocycles. The molecule has 98 valence electrons. The third kappa shape index (κ3) is 3.22. The molecule has 0 amide bonds. The van der Waals surface area contributed by atoms with Crippen molar-refractivity contribution in [3.05, 3.63) is 12.2 Å². The maximum absolute atomic E-state index is 10.7. The van der Waals surface area contributed by atoms with E-state index in [1.54, 1.807) is 0 Å². The minimum absolute atomic E-state index is 0.168. The highest BCUT2D eigenvalue weighted by atomic mass is 32.2. The zero-order chi connectivity index (χ0) is 12.5. The van der Waals surface area contributed by atoms with Gasteiger partial charge in [0.25, 0.3) is 0 Å². The summed E-state index contributed by atoms with van der Waals surface area (Å²) in [5.74, 6) is 2.48. The first-order valence-electron chi connectivity index (χ1n) is 6.29. The molecule has 0 radical (unpaired) electrons. The Morgan fingerprint density at radius 2 is 1.94 bits per heavy atom. The van der Waals surface area contributed by atoms with Crippen molar-refractivity contribution in [2.75, 3.05) is 11.5 Å². The second-order valence-corrected chi connectivity index (χ2v) is 8.30. The third-order valence-corrected chi connectivity index (χ3v) is 6.90. The van der Waals surface area contributed by atoms with E-state index in [2.05, 4.69) is 0 Å². The van der Waals surface area contributed by atoms with Gasteiger partial charge in [-0.25, -0.2) is 0 Å². The molecule has 0 aromatic rings. The molecular weight excluding hydrogens is 252 g/mol. The van der Waals surface area contributed by atoms with E-state index in [1.165, 1.54) is 6.42 Å². The average molecular weight is 274 g/mol. The highest BCUT2D eigenvalue weighted by molar-refractivity contribution is 8.17. The molecule has 2 N–H and O–H groups in total. The van der Waals surface area contributed by atoms with Gasteiger partial charge in [-0.05, 0) is 44.6 Å². The molecule has 2 rings (SSSR count). The van der Waals surface area contributed by atoms with Crippen LogP contribution in [0, 0.1) is 5.92 Å². The molecule has 1 aliphatic carbocycles. The lowest BCUT2D eigenvalue weighted by Crippen LogP contribution is -2.43. The van der Waals surface area contributed by atoms with Gasteiger partial charge in [0.2, 0.25) is 0 Å². The number of hydrogen-bond acceptors (Lipinski definition) is 4. The maximum atomic E-state index is 10.7. The Labute approximate surface area is 112 Å². The molecule has 1 saturated heterocycles. The molecule has 2 nitrogen and oxygen atoms in total. The van der Waals surface area contributed by atoms with Crippen LogP contribution in [0.5, 0.6) is 0 Å². The zero-order valence-corrected chi connectivity index (χ0v) is 12.2. The SMILES string of the molecule is CC(C)(O)[C@@H]1C=C[C@@](O)(C2SCCCS2)CC1. The van der Waals surface area contributed by atoms with E-state index < -0.39 is 11.2 Å². The van der Waals surface area contributed by atoms with E-state index in [4.69, 9.17) is 0 Å². The van der Waals surface area contributed by atoms with Crippen LogP contribution in [-0.4, -0.2) is 37.5 Å². The summed E-state index contributed by atoms with van der Waals surface area (Å²) < 4.78 is 0.273. The Kier molecular flexibility index (Phi) is 4.18. The van der Waals surface area contributed by atoms with Gasteiger partial charge in [0.1, 0.15) is 5.60 Å². The molecule has 4 heteroatoms. The topological polar surface area (TPSA) is 40.5 Å². The number of thioether (sulfide) groups is 2. The van der Waals surface area contributed by atoms with E-state index in [1.807, 2.05) is 49.5 Å². The van der Waals surface area contributed by atoms with Crippen molar-refractivity contribution < 1.29 is 10.2 Å². The second kappa shape index (κ2) is 5.16. The van der Waals surface area contributed by atoms with Gasteiger partial charge in [-0.15, -0.1) is 23.5 Å². The van der Waals surface area contributed by atoms with Gasteiger partial charge in [0.05, 0.1) is 10.2 Å². The van der Waals surface area contributed by atoms with Crippen molar-refractivity contribution in [1.82, 2.24) is 0 Å². The smallest absolute Gasteiger partial charge is 0.104 e. The third-order valence-electron chi connectivity index (χ3n) is 3.62. The molecular formula is C13H22O2S2. The molecule has 1 heterocycles. The molecule has 2 aliphatic rings. The van der Waals surface area contributed by atoms with Crippen molar-refractivity contribution in [2.45, 2.75) is 48.9 Å². The van der Waals surface area contributed by atoms with Crippen molar-refractivity contribution in [1.29, 1.82) is 0 Å². The van der Waals surface area contributed by atoms with Gasteiger partial charge in [0.15, 0.2) is 0 Å². The predicted molar refractivity (Wildman–Crippen MR) is 76.4 cm³/mol. The average Bonchev–Trinajstić information content (AvgIpc) is 2.29. The van der Waals surface area contributed by atoms with Gasteiger partial charge in [0, 0.05) is 5.92 Å². The van der Waals surface area contributed by atoms with Crippen LogP contribution in [0.1, 0.15) is 33.1 Å². The Bertz CT molecular complexity index is 292. The Morgan fingerprint density at radius 3 is 2.41 bits per heavy atom. The minimum Gasteiger partial charge on any atom is -0.390 e. The lowest BCUT2D eigenvalue weighted by molar-refractivity contribution is 0.0108. The van der Waals surface area contributed by atoms with Crippen LogP contribution >= 0.6 is 23.5 Å². The first-order valence-corrected chi connectivity index (χ1v) is 8.39. The van der Waals surface area contributed by atoms with Gasteiger partial charge >= 0.3 is 0 Å². The highest BCUT2D eigenvalue weighted by Crippen LogP contribution is 2.44. The Hall–Kier alpha value is 0.360. The lowest BCUT2D eigenvalue weighted by Gasteiger charge is -2.40. The number of hydrogen-bond donors (Lipinski definition) is 2. The normalized spacial score (nSPS) is 36.1. The van der Waals surface area contributed by atoms with Crippen LogP contribution in [0.4, 0.5) is 0 Å². The fraction of sp³-hybridized carbons (Fsp3) is 0.846. The number of aliphatic hydroxyl groups is 2. The van der Waals surface area contributed by atoms with E-state index in [9.17, 15) is 10.2 Å². The first kappa shape index (κ1) is 13.8. The van der Waals surface area contributed by atoms with Crippen LogP contribution in [0.2, 0.25) is 0 Å². The molecule has 2 atom stereocenters. The monoisotopic (exact) mass is 274 g/mol. The van der Waals surface area contributed by atoms with Crippen molar-refractivity contribution in [3.8, 4) is 0 Å². The van der Waals surface area contributed by atoms with Crippen LogP contribution in [0.25, 0.3) is 0 Å². The fourth-order valence-electron chi connectivity index (χ4n) is 2.41. The predicted octanol–water partition coefficient (Wildman–Crippen LogP) is 2.65. The number of rotatable bonds is 2. The molecule has 0 bridgehead atoms. The summed E-state index contributed by atoms with van der Waals surface area (Å²) in [4.78, 5) is 0. The molecule has 0 saturated carbocycles. The van der Waals surface area contributed by atoms with Crippen molar-refractivity contribution in [3.63, 3.8) is 0 Å². The zero-order valence-electron chi connectivity index (χ0n) is 10.6. The highest BCUT2D eigenvalue weighted by Gasteiger charge is 2.40. The molecule has 17 heavy (non-hydrogen) atoms. The minimum atomic E-state index is -0.676. The van der Waals surface area contributed by atoms with Crippen LogP contribution in [0.3, 0.4) is 0 Å². The summed E-state index contributed by atoms with van der Waals surface area (Å²) in [6, 6.07) is 0. The van der Waals surface area contributed by atoms with Crippen LogP contribution < -0.4 is 0 Å². The summed E-state index contributed by atoms with van der Waals surface area (Å²) >= 11 is 3.75. The molecule has 0 unspecified atom stereocenters. The fourth-order valence-corrected chi connectivity index (χ4v) is 5.58.